The largest absolute Gasteiger partial charge is 0.507 e. The second-order valence-electron chi connectivity index (χ2n) is 7.24. The van der Waals surface area contributed by atoms with Gasteiger partial charge in [-0.3, -0.25) is 4.79 Å². The molecule has 4 rings (SSSR count). The van der Waals surface area contributed by atoms with Crippen molar-refractivity contribution in [2.24, 2.45) is 0 Å². The van der Waals surface area contributed by atoms with Crippen molar-refractivity contribution in [2.75, 3.05) is 20.8 Å². The first-order chi connectivity index (χ1) is 15.3. The van der Waals surface area contributed by atoms with Crippen molar-refractivity contribution in [1.29, 1.82) is 0 Å². The molecular weight excluding hydrogens is 428 g/mol. The minimum absolute atomic E-state index is 0.00838. The molecule has 0 aliphatic carbocycles. The quantitative estimate of drug-likeness (QED) is 0.328. The summed E-state index contributed by atoms with van der Waals surface area (Å²) in [7, 11) is 2.71. The standard InChI is InChI=1S/C21H22O11/c1-28-10-4-3-9(23)15-16(24)8-5-12(29-2)13(6-11(8)30-20(10)15)31-21-19(27)18(26)17(25)14(7-22)32-21/h3-6,14,17-19,21-23,25-27H,7H2,1-2H3/t14-,17-,18+,19-,21-/m1/s1. The van der Waals surface area contributed by atoms with Gasteiger partial charge in [0.25, 0.3) is 0 Å². The van der Waals surface area contributed by atoms with Gasteiger partial charge in [-0.05, 0) is 18.2 Å². The lowest BCUT2D eigenvalue weighted by Crippen LogP contribution is -2.60. The molecule has 11 heteroatoms. The van der Waals surface area contributed by atoms with Crippen molar-refractivity contribution in [3.63, 3.8) is 0 Å². The molecule has 0 radical (unpaired) electrons. The molecule has 5 atom stereocenters. The van der Waals surface area contributed by atoms with Crippen LogP contribution in [0.25, 0.3) is 21.9 Å². The number of hydrogen-bond donors (Lipinski definition) is 5. The summed E-state index contributed by atoms with van der Waals surface area (Å²) >= 11 is 0. The molecule has 1 fully saturated rings. The van der Waals surface area contributed by atoms with Crippen LogP contribution < -0.4 is 19.6 Å². The molecule has 5 N–H and O–H groups in total. The highest BCUT2D eigenvalue weighted by atomic mass is 16.7. The maximum atomic E-state index is 13.0. The number of methoxy groups -OCH3 is 2. The molecule has 11 nitrogen and oxygen atoms in total. The van der Waals surface area contributed by atoms with E-state index in [9.17, 15) is 30.3 Å². The molecule has 1 aliphatic heterocycles. The first-order valence-electron chi connectivity index (χ1n) is 9.62. The van der Waals surface area contributed by atoms with Crippen LogP contribution in [0.1, 0.15) is 0 Å². The average molecular weight is 450 g/mol. The summed E-state index contributed by atoms with van der Waals surface area (Å²) in [5, 5.41) is 49.7. The van der Waals surface area contributed by atoms with E-state index in [2.05, 4.69) is 0 Å². The van der Waals surface area contributed by atoms with Gasteiger partial charge >= 0.3 is 0 Å². The van der Waals surface area contributed by atoms with Crippen molar-refractivity contribution in [1.82, 2.24) is 0 Å². The smallest absolute Gasteiger partial charge is 0.229 e. The predicted octanol–water partition coefficient (Wildman–Crippen LogP) is -0.152. The highest BCUT2D eigenvalue weighted by Gasteiger charge is 2.45. The van der Waals surface area contributed by atoms with Crippen LogP contribution in [-0.2, 0) is 4.74 Å². The summed E-state index contributed by atoms with van der Waals surface area (Å²) in [5.74, 6) is 0.00975. The van der Waals surface area contributed by atoms with Crippen LogP contribution >= 0.6 is 0 Å². The fraction of sp³-hybridized carbons (Fsp3) is 0.381. The summed E-state index contributed by atoms with van der Waals surface area (Å²) in [6.07, 6.45) is -7.46. The highest BCUT2D eigenvalue weighted by Crippen LogP contribution is 2.38. The zero-order chi connectivity index (χ0) is 23.2. The van der Waals surface area contributed by atoms with Gasteiger partial charge in [-0.25, -0.2) is 0 Å². The Morgan fingerprint density at radius 3 is 2.34 bits per heavy atom. The van der Waals surface area contributed by atoms with E-state index in [0.29, 0.717) is 0 Å². The van der Waals surface area contributed by atoms with Gasteiger partial charge in [-0.1, -0.05) is 0 Å². The SMILES string of the molecule is COc1cc2c(=O)c3c(O)ccc(OC)c3oc2cc1O[C@@H]1O[C@H](CO)[C@@H](O)[C@H](O)[C@H]1O. The molecule has 32 heavy (non-hydrogen) atoms. The molecule has 2 aromatic carbocycles. The van der Waals surface area contributed by atoms with Gasteiger partial charge in [-0.15, -0.1) is 0 Å². The molecule has 0 unspecified atom stereocenters. The lowest BCUT2D eigenvalue weighted by molar-refractivity contribution is -0.277. The maximum absolute atomic E-state index is 13.0. The average Bonchev–Trinajstić information content (AvgIpc) is 2.79. The van der Waals surface area contributed by atoms with Gasteiger partial charge < -0.3 is 48.9 Å². The fourth-order valence-electron chi connectivity index (χ4n) is 3.62. The minimum atomic E-state index is -1.64. The van der Waals surface area contributed by atoms with Crippen LogP contribution in [0.2, 0.25) is 0 Å². The summed E-state index contributed by atoms with van der Waals surface area (Å²) in [6, 6.07) is 5.41. The lowest BCUT2D eigenvalue weighted by Gasteiger charge is -2.39. The number of benzene rings is 2. The third kappa shape index (κ3) is 3.49. The van der Waals surface area contributed by atoms with Crippen LogP contribution in [0, 0.1) is 0 Å². The molecule has 0 amide bonds. The normalized spacial score (nSPS) is 25.8. The van der Waals surface area contributed by atoms with Gasteiger partial charge in [-0.2, -0.15) is 0 Å². The van der Waals surface area contributed by atoms with Crippen LogP contribution in [-0.4, -0.2) is 77.1 Å². The molecule has 0 spiro atoms. The zero-order valence-corrected chi connectivity index (χ0v) is 17.1. The molecule has 3 aromatic rings. The minimum Gasteiger partial charge on any atom is -0.507 e. The number of phenolic OH excluding ortho intramolecular Hbond substituents is 1. The zero-order valence-electron chi connectivity index (χ0n) is 17.1. The van der Waals surface area contributed by atoms with Crippen LogP contribution in [0.15, 0.2) is 33.5 Å². The van der Waals surface area contributed by atoms with E-state index in [1.807, 2.05) is 0 Å². The molecule has 1 aromatic heterocycles. The van der Waals surface area contributed by atoms with E-state index in [-0.39, 0.29) is 44.9 Å². The number of ether oxygens (including phenoxy) is 4. The van der Waals surface area contributed by atoms with Gasteiger partial charge in [0.05, 0.1) is 26.2 Å². The van der Waals surface area contributed by atoms with E-state index in [1.54, 1.807) is 0 Å². The van der Waals surface area contributed by atoms with E-state index in [0.717, 1.165) is 0 Å². The topological polar surface area (TPSA) is 168 Å². The van der Waals surface area contributed by atoms with Crippen LogP contribution in [0.4, 0.5) is 0 Å². The number of phenols is 1. The summed E-state index contributed by atoms with van der Waals surface area (Å²) < 4.78 is 27.3. The third-order valence-corrected chi connectivity index (χ3v) is 5.36. The number of aliphatic hydroxyl groups is 4. The molecule has 0 saturated carbocycles. The Kier molecular flexibility index (Phi) is 5.84. The lowest BCUT2D eigenvalue weighted by atomic mass is 9.99. The van der Waals surface area contributed by atoms with E-state index >= 15 is 0 Å². The van der Waals surface area contributed by atoms with Crippen LogP contribution in [0.5, 0.6) is 23.0 Å². The predicted molar refractivity (Wildman–Crippen MR) is 109 cm³/mol. The van der Waals surface area contributed by atoms with Crippen molar-refractivity contribution in [3.05, 3.63) is 34.5 Å². The Bertz CT molecular complexity index is 1200. The van der Waals surface area contributed by atoms with Gasteiger partial charge in [0.15, 0.2) is 22.8 Å². The summed E-state index contributed by atoms with van der Waals surface area (Å²) in [6.45, 7) is -0.621. The second-order valence-corrected chi connectivity index (χ2v) is 7.24. The second kappa shape index (κ2) is 8.45. The Morgan fingerprint density at radius 2 is 1.69 bits per heavy atom. The monoisotopic (exact) mass is 450 g/mol. The number of aromatic hydroxyl groups is 1. The Balaban J connectivity index is 1.83. The molecule has 2 heterocycles. The highest BCUT2D eigenvalue weighted by molar-refractivity contribution is 5.96. The summed E-state index contributed by atoms with van der Waals surface area (Å²) in [5.41, 5.74) is -0.448. The summed E-state index contributed by atoms with van der Waals surface area (Å²) in [4.78, 5) is 13.0. The van der Waals surface area contributed by atoms with Gasteiger partial charge in [0.1, 0.15) is 41.1 Å². The van der Waals surface area contributed by atoms with Crippen molar-refractivity contribution >= 4 is 21.9 Å². The van der Waals surface area contributed by atoms with Crippen molar-refractivity contribution in [3.8, 4) is 23.0 Å². The number of fused-ring (bicyclic) bond motifs is 2. The number of hydrogen-bond acceptors (Lipinski definition) is 11. The van der Waals surface area contributed by atoms with Gasteiger partial charge in [0.2, 0.25) is 11.7 Å². The van der Waals surface area contributed by atoms with E-state index in [1.165, 1.54) is 38.5 Å². The fourth-order valence-corrected chi connectivity index (χ4v) is 3.62. The third-order valence-electron chi connectivity index (χ3n) is 5.36. The first-order valence-corrected chi connectivity index (χ1v) is 9.62. The maximum Gasteiger partial charge on any atom is 0.229 e. The molecule has 0 bridgehead atoms. The van der Waals surface area contributed by atoms with Crippen molar-refractivity contribution < 1.29 is 48.9 Å². The Morgan fingerprint density at radius 1 is 0.969 bits per heavy atom. The molecular formula is C21H22O11. The van der Waals surface area contributed by atoms with E-state index < -0.39 is 42.7 Å². The Hall–Kier alpha value is -3.09. The first kappa shape index (κ1) is 22.1. The molecule has 1 saturated heterocycles. The van der Waals surface area contributed by atoms with E-state index in [4.69, 9.17) is 23.4 Å². The molecule has 172 valence electrons. The number of aliphatic hydroxyl groups excluding tert-OH is 4. The van der Waals surface area contributed by atoms with Gasteiger partial charge in [0, 0.05) is 6.07 Å². The Labute approximate surface area is 180 Å². The van der Waals surface area contributed by atoms with Crippen LogP contribution in [0.3, 0.4) is 0 Å². The molecule has 1 aliphatic rings. The number of rotatable bonds is 5. The van der Waals surface area contributed by atoms with Crippen molar-refractivity contribution in [2.45, 2.75) is 30.7 Å².